The van der Waals surface area contributed by atoms with E-state index in [4.69, 9.17) is 0 Å². The average Bonchev–Trinajstić information content (AvgIpc) is 2.19. The number of hydrogen-bond donors (Lipinski definition) is 0. The molecule has 0 nitrogen and oxygen atoms in total. The molecule has 2 radical (unpaired) electrons. The maximum Gasteiger partial charge on any atom is -0.00749 e. The van der Waals surface area contributed by atoms with Crippen LogP contribution in [0.15, 0.2) is 0 Å². The van der Waals surface area contributed by atoms with E-state index in [0.29, 0.717) is 5.41 Å². The van der Waals surface area contributed by atoms with Gasteiger partial charge in [0.25, 0.3) is 0 Å². The van der Waals surface area contributed by atoms with Crippen LogP contribution in [0.3, 0.4) is 0 Å². The summed E-state index contributed by atoms with van der Waals surface area (Å²) in [5, 5.41) is 0. The molecule has 2 atom stereocenters. The van der Waals surface area contributed by atoms with Gasteiger partial charge in [0.2, 0.25) is 0 Å². The van der Waals surface area contributed by atoms with Crippen molar-refractivity contribution in [3.63, 3.8) is 0 Å². The molecule has 2 saturated carbocycles. The monoisotopic (exact) mass is 122 g/mol. The number of rotatable bonds is 0. The molecule has 0 heterocycles. The predicted octanol–water partition coefficient (Wildman–Crippen LogP) is 2.52. The van der Waals surface area contributed by atoms with Crippen LogP contribution < -0.4 is 0 Å². The molecule has 0 aromatic heterocycles. The lowest BCUT2D eigenvalue weighted by atomic mass is 9.77. The van der Waals surface area contributed by atoms with Crippen molar-refractivity contribution in [3.8, 4) is 0 Å². The van der Waals surface area contributed by atoms with E-state index in [-0.39, 0.29) is 0 Å². The smallest absolute Gasteiger partial charge is 0.00749 e. The van der Waals surface area contributed by atoms with E-state index in [9.17, 15) is 0 Å². The van der Waals surface area contributed by atoms with Crippen molar-refractivity contribution in [1.29, 1.82) is 0 Å². The molecule has 0 aromatic rings. The van der Waals surface area contributed by atoms with Gasteiger partial charge in [0.1, 0.15) is 0 Å². The van der Waals surface area contributed by atoms with Crippen molar-refractivity contribution in [2.75, 3.05) is 0 Å². The third-order valence-electron chi connectivity index (χ3n) is 3.03. The Morgan fingerprint density at radius 3 is 2.33 bits per heavy atom. The molecule has 2 fully saturated rings. The van der Waals surface area contributed by atoms with E-state index < -0.39 is 0 Å². The highest BCUT2D eigenvalue weighted by Crippen LogP contribution is 2.54. The van der Waals surface area contributed by atoms with Crippen LogP contribution in [0.25, 0.3) is 0 Å². The molecule has 0 saturated heterocycles. The van der Waals surface area contributed by atoms with Gasteiger partial charge in [-0.1, -0.05) is 13.8 Å². The molecule has 0 N–H and O–H groups in total. The highest BCUT2D eigenvalue weighted by atomic mass is 14.5. The van der Waals surface area contributed by atoms with E-state index in [0.717, 1.165) is 11.8 Å². The molecule has 2 aliphatic carbocycles. The van der Waals surface area contributed by atoms with E-state index in [1.165, 1.54) is 19.3 Å². The molecule has 0 aliphatic heterocycles. The maximum atomic E-state index is 3.63. The Kier molecular flexibility index (Phi) is 0.980. The van der Waals surface area contributed by atoms with Crippen LogP contribution in [0, 0.1) is 23.7 Å². The minimum atomic E-state index is 0.461. The van der Waals surface area contributed by atoms with Crippen molar-refractivity contribution in [2.24, 2.45) is 17.3 Å². The van der Waals surface area contributed by atoms with Gasteiger partial charge in [-0.2, -0.15) is 0 Å². The first kappa shape index (κ1) is 5.76. The van der Waals surface area contributed by atoms with Gasteiger partial charge < -0.3 is 0 Å². The molecule has 2 unspecified atom stereocenters. The van der Waals surface area contributed by atoms with Crippen molar-refractivity contribution >= 4 is 0 Å². The van der Waals surface area contributed by atoms with Crippen molar-refractivity contribution in [1.82, 2.24) is 0 Å². The fourth-order valence-electron chi connectivity index (χ4n) is 2.41. The summed E-state index contributed by atoms with van der Waals surface area (Å²) in [6.45, 7) is 4.66. The second kappa shape index (κ2) is 1.53. The van der Waals surface area contributed by atoms with Gasteiger partial charge in [0, 0.05) is 0 Å². The highest BCUT2D eigenvalue weighted by Gasteiger charge is 2.45. The van der Waals surface area contributed by atoms with Crippen LogP contribution >= 0.6 is 0 Å². The lowest BCUT2D eigenvalue weighted by Crippen LogP contribution is -2.19. The molecule has 2 bridgehead atoms. The van der Waals surface area contributed by atoms with Crippen molar-refractivity contribution in [2.45, 2.75) is 33.1 Å². The van der Waals surface area contributed by atoms with Gasteiger partial charge in [0.15, 0.2) is 0 Å². The average molecular weight is 122 g/mol. The molecule has 0 amide bonds. The number of fused-ring (bicyclic) bond motifs is 2. The lowest BCUT2D eigenvalue weighted by Gasteiger charge is -2.28. The van der Waals surface area contributed by atoms with Gasteiger partial charge in [-0.15, -0.1) is 0 Å². The molecule has 0 heteroatoms. The zero-order valence-electron chi connectivity index (χ0n) is 6.28. The zero-order valence-corrected chi connectivity index (χ0v) is 6.28. The summed E-state index contributed by atoms with van der Waals surface area (Å²) >= 11 is 0. The SMILES string of the molecule is CC1(C)[C]C2CCC1C2. The van der Waals surface area contributed by atoms with Crippen LogP contribution in [-0.2, 0) is 0 Å². The van der Waals surface area contributed by atoms with E-state index in [1.54, 1.807) is 0 Å². The zero-order chi connectivity index (χ0) is 6.48. The normalized spacial score (nSPS) is 46.0. The summed E-state index contributed by atoms with van der Waals surface area (Å²) in [7, 11) is 0. The summed E-state index contributed by atoms with van der Waals surface area (Å²) in [5.41, 5.74) is 0.461. The maximum absolute atomic E-state index is 3.63. The van der Waals surface area contributed by atoms with Gasteiger partial charge in [-0.25, -0.2) is 0 Å². The number of hydrogen-bond acceptors (Lipinski definition) is 0. The van der Waals surface area contributed by atoms with Crippen molar-refractivity contribution in [3.05, 3.63) is 6.42 Å². The lowest BCUT2D eigenvalue weighted by molar-refractivity contribution is 0.282. The minimum Gasteiger partial charge on any atom is -0.0591 e. The molecular weight excluding hydrogens is 108 g/mol. The summed E-state index contributed by atoms with van der Waals surface area (Å²) < 4.78 is 0. The molecule has 2 aliphatic rings. The Morgan fingerprint density at radius 2 is 2.11 bits per heavy atom. The molecular formula is C9H14. The Morgan fingerprint density at radius 1 is 1.33 bits per heavy atom. The van der Waals surface area contributed by atoms with Crippen LogP contribution in [0.1, 0.15) is 33.1 Å². The third-order valence-corrected chi connectivity index (χ3v) is 3.03. The van der Waals surface area contributed by atoms with Gasteiger partial charge in [-0.3, -0.25) is 0 Å². The van der Waals surface area contributed by atoms with Crippen LogP contribution in [0.4, 0.5) is 0 Å². The second-order valence-corrected chi connectivity index (χ2v) is 4.07. The van der Waals surface area contributed by atoms with Crippen LogP contribution in [-0.4, -0.2) is 0 Å². The van der Waals surface area contributed by atoms with E-state index in [1.807, 2.05) is 0 Å². The van der Waals surface area contributed by atoms with Gasteiger partial charge in [-0.05, 0) is 42.9 Å². The predicted molar refractivity (Wildman–Crippen MR) is 37.9 cm³/mol. The quantitative estimate of drug-likeness (QED) is 0.463. The Hall–Kier alpha value is 0. The Bertz CT molecular complexity index is 124. The summed E-state index contributed by atoms with van der Waals surface area (Å²) in [4.78, 5) is 0. The molecule has 2 rings (SSSR count). The summed E-state index contributed by atoms with van der Waals surface area (Å²) in [6, 6.07) is 0. The topological polar surface area (TPSA) is 0 Å². The van der Waals surface area contributed by atoms with E-state index >= 15 is 0 Å². The fraction of sp³-hybridized carbons (Fsp3) is 0.889. The van der Waals surface area contributed by atoms with Crippen molar-refractivity contribution < 1.29 is 0 Å². The summed E-state index contributed by atoms with van der Waals surface area (Å²) in [6.07, 6.45) is 7.95. The molecule has 0 aromatic carbocycles. The van der Waals surface area contributed by atoms with Gasteiger partial charge in [0.05, 0.1) is 0 Å². The Labute approximate surface area is 57.6 Å². The summed E-state index contributed by atoms with van der Waals surface area (Å²) in [5.74, 6) is 1.84. The molecule has 9 heavy (non-hydrogen) atoms. The van der Waals surface area contributed by atoms with Crippen LogP contribution in [0.2, 0.25) is 0 Å². The highest BCUT2D eigenvalue weighted by molar-refractivity contribution is 5.06. The minimum absolute atomic E-state index is 0.461. The van der Waals surface area contributed by atoms with Crippen LogP contribution in [0.5, 0.6) is 0 Å². The van der Waals surface area contributed by atoms with E-state index in [2.05, 4.69) is 20.3 Å². The standard InChI is InChI=1S/C9H14/c1-9(2)6-7-3-4-8(9)5-7/h7-8H,3-5H2,1-2H3. The second-order valence-electron chi connectivity index (χ2n) is 4.07. The molecule has 50 valence electrons. The molecule has 0 spiro atoms. The first-order valence-electron chi connectivity index (χ1n) is 3.96. The Balaban J connectivity index is 2.18. The largest absolute Gasteiger partial charge is 0.0591 e. The fourth-order valence-corrected chi connectivity index (χ4v) is 2.41. The van der Waals surface area contributed by atoms with Gasteiger partial charge >= 0.3 is 0 Å². The first-order valence-corrected chi connectivity index (χ1v) is 3.96. The third kappa shape index (κ3) is 0.720. The first-order chi connectivity index (χ1) is 4.18.